The summed E-state index contributed by atoms with van der Waals surface area (Å²) in [5, 5.41) is 4.96. The lowest BCUT2D eigenvalue weighted by atomic mass is 10.2. The lowest BCUT2D eigenvalue weighted by Crippen LogP contribution is -2.32. The van der Waals surface area contributed by atoms with Crippen molar-refractivity contribution in [2.24, 2.45) is 5.84 Å². The molecule has 7 heteroatoms. The molecule has 3 N–H and O–H groups in total. The monoisotopic (exact) mass is 277 g/mol. The number of nitrogens with zero attached hydrogens (tertiary/aromatic N) is 3. The Kier molecular flexibility index (Phi) is 6.29. The highest BCUT2D eigenvalue weighted by Gasteiger charge is 2.18. The van der Waals surface area contributed by atoms with Gasteiger partial charge in [0.15, 0.2) is 0 Å². The van der Waals surface area contributed by atoms with Crippen LogP contribution in [0.4, 0.5) is 0 Å². The van der Waals surface area contributed by atoms with E-state index in [4.69, 9.17) is 17.4 Å². The van der Waals surface area contributed by atoms with Gasteiger partial charge in [-0.25, -0.2) is 0 Å². The van der Waals surface area contributed by atoms with Crippen molar-refractivity contribution in [3.05, 3.63) is 16.9 Å². The van der Waals surface area contributed by atoms with Crippen LogP contribution < -0.4 is 11.3 Å². The number of hydrogen-bond donors (Lipinski definition) is 2. The molecule has 0 radical (unpaired) electrons. The number of nitrogens with one attached hydrogen (secondary N) is 1. The van der Waals surface area contributed by atoms with Crippen LogP contribution in [0.25, 0.3) is 0 Å². The third-order valence-electron chi connectivity index (χ3n) is 2.46. The van der Waals surface area contributed by atoms with E-state index in [0.717, 1.165) is 24.5 Å². The quantitative estimate of drug-likeness (QED) is 0.574. The maximum absolute atomic E-state index is 6.17. The molecule has 17 heavy (non-hydrogen) atoms. The number of hydrogen-bond acceptors (Lipinski definition) is 5. The molecule has 0 aliphatic carbocycles. The van der Waals surface area contributed by atoms with Gasteiger partial charge in [-0.15, -0.1) is 0 Å². The van der Waals surface area contributed by atoms with Gasteiger partial charge in [-0.3, -0.25) is 16.0 Å². The molecule has 1 atom stereocenters. The minimum atomic E-state index is 0.0298. The van der Waals surface area contributed by atoms with E-state index in [1.807, 2.05) is 25.0 Å². The molecular formula is C10H20ClN5S. The van der Waals surface area contributed by atoms with Crippen LogP contribution in [0.3, 0.4) is 0 Å². The lowest BCUT2D eigenvalue weighted by Gasteiger charge is -2.18. The number of rotatable bonds is 7. The van der Waals surface area contributed by atoms with Crippen molar-refractivity contribution in [3.63, 3.8) is 0 Å². The molecule has 0 aliphatic heterocycles. The minimum Gasteiger partial charge on any atom is -0.308 e. The van der Waals surface area contributed by atoms with E-state index < -0.39 is 0 Å². The van der Waals surface area contributed by atoms with Crippen molar-refractivity contribution < 1.29 is 0 Å². The fourth-order valence-corrected chi connectivity index (χ4v) is 2.42. The fraction of sp³-hybridized carbons (Fsp3) is 0.700. The first-order valence-electron chi connectivity index (χ1n) is 5.41. The first-order chi connectivity index (χ1) is 8.10. The summed E-state index contributed by atoms with van der Waals surface area (Å²) in [6.07, 6.45) is 3.72. The van der Waals surface area contributed by atoms with Crippen LogP contribution in [0.1, 0.15) is 11.7 Å². The Morgan fingerprint density at radius 2 is 2.35 bits per heavy atom. The SMILES string of the molecule is CSCC(NN)c1c(Cl)cnn1CCN(C)C. The Labute approximate surface area is 112 Å². The molecule has 98 valence electrons. The molecule has 1 rings (SSSR count). The fourth-order valence-electron chi connectivity index (χ4n) is 1.56. The minimum absolute atomic E-state index is 0.0298. The van der Waals surface area contributed by atoms with Crippen LogP contribution in [0, 0.1) is 0 Å². The molecule has 0 aliphatic rings. The molecule has 1 heterocycles. The predicted octanol–water partition coefficient (Wildman–Crippen LogP) is 0.965. The number of nitrogens with two attached hydrogens (primary N) is 1. The summed E-state index contributed by atoms with van der Waals surface area (Å²) in [5.41, 5.74) is 3.76. The normalized spacial score (nSPS) is 13.3. The van der Waals surface area contributed by atoms with Gasteiger partial charge >= 0.3 is 0 Å². The largest absolute Gasteiger partial charge is 0.308 e. The zero-order chi connectivity index (χ0) is 12.8. The van der Waals surface area contributed by atoms with Crippen LogP contribution in [-0.2, 0) is 6.54 Å². The molecule has 1 aromatic rings. The second kappa shape index (κ2) is 7.23. The average molecular weight is 278 g/mol. The molecule has 1 aromatic heterocycles. The van der Waals surface area contributed by atoms with Gasteiger partial charge in [0.2, 0.25) is 0 Å². The first kappa shape index (κ1) is 14.8. The van der Waals surface area contributed by atoms with Crippen LogP contribution in [0.2, 0.25) is 5.02 Å². The van der Waals surface area contributed by atoms with E-state index in [-0.39, 0.29) is 6.04 Å². The van der Waals surface area contributed by atoms with E-state index in [2.05, 4.69) is 15.4 Å². The zero-order valence-corrected chi connectivity index (χ0v) is 12.1. The second-order valence-corrected chi connectivity index (χ2v) is 5.40. The molecule has 0 saturated heterocycles. The van der Waals surface area contributed by atoms with Crippen LogP contribution in [0.15, 0.2) is 6.20 Å². The molecule has 0 aromatic carbocycles. The van der Waals surface area contributed by atoms with Crippen molar-refractivity contribution in [2.45, 2.75) is 12.6 Å². The third-order valence-corrected chi connectivity index (χ3v) is 3.41. The van der Waals surface area contributed by atoms with Crippen molar-refractivity contribution in [2.75, 3.05) is 32.6 Å². The Morgan fingerprint density at radius 3 is 2.88 bits per heavy atom. The summed E-state index contributed by atoms with van der Waals surface area (Å²) in [5.74, 6) is 6.44. The van der Waals surface area contributed by atoms with E-state index in [1.165, 1.54) is 0 Å². The Bertz CT molecular complexity index is 341. The summed E-state index contributed by atoms with van der Waals surface area (Å²) < 4.78 is 1.92. The number of hydrazine groups is 1. The molecule has 0 bridgehead atoms. The summed E-state index contributed by atoms with van der Waals surface area (Å²) in [6.45, 7) is 1.73. The highest BCUT2D eigenvalue weighted by atomic mass is 35.5. The van der Waals surface area contributed by atoms with Crippen molar-refractivity contribution >= 4 is 23.4 Å². The second-order valence-electron chi connectivity index (χ2n) is 4.08. The summed E-state index contributed by atoms with van der Waals surface area (Å²) >= 11 is 7.89. The maximum Gasteiger partial charge on any atom is 0.0834 e. The Balaban J connectivity index is 2.84. The molecule has 5 nitrogen and oxygen atoms in total. The summed E-state index contributed by atoms with van der Waals surface area (Å²) in [4.78, 5) is 2.11. The number of aromatic nitrogens is 2. The molecule has 0 fully saturated rings. The van der Waals surface area contributed by atoms with Gasteiger partial charge in [-0.1, -0.05) is 11.6 Å². The molecule has 1 unspecified atom stereocenters. The standard InChI is InChI=1S/C10H20ClN5S/c1-15(2)4-5-16-10(8(11)6-13-16)9(14-12)7-17-3/h6,9,14H,4-5,7,12H2,1-3H3. The first-order valence-corrected chi connectivity index (χ1v) is 7.18. The van der Waals surface area contributed by atoms with E-state index >= 15 is 0 Å². The molecule has 0 amide bonds. The molecule has 0 spiro atoms. The van der Waals surface area contributed by atoms with Crippen molar-refractivity contribution in [3.8, 4) is 0 Å². The van der Waals surface area contributed by atoms with Gasteiger partial charge in [0, 0.05) is 12.3 Å². The van der Waals surface area contributed by atoms with Gasteiger partial charge in [-0.05, 0) is 20.4 Å². The lowest BCUT2D eigenvalue weighted by molar-refractivity contribution is 0.364. The van der Waals surface area contributed by atoms with Crippen molar-refractivity contribution in [1.29, 1.82) is 0 Å². The van der Waals surface area contributed by atoms with Crippen LogP contribution >= 0.6 is 23.4 Å². The highest BCUT2D eigenvalue weighted by Crippen LogP contribution is 2.24. The van der Waals surface area contributed by atoms with Crippen molar-refractivity contribution in [1.82, 2.24) is 20.1 Å². The maximum atomic E-state index is 6.17. The number of likely N-dealkylation sites (N-methyl/N-ethyl adjacent to an activating group) is 1. The summed E-state index contributed by atoms with van der Waals surface area (Å²) in [6, 6.07) is 0.0298. The number of thioether (sulfide) groups is 1. The molecule has 0 saturated carbocycles. The van der Waals surface area contributed by atoms with Gasteiger partial charge in [0.25, 0.3) is 0 Å². The highest BCUT2D eigenvalue weighted by molar-refractivity contribution is 7.98. The predicted molar refractivity (Wildman–Crippen MR) is 74.2 cm³/mol. The third kappa shape index (κ3) is 4.15. The van der Waals surface area contributed by atoms with Crippen LogP contribution in [0.5, 0.6) is 0 Å². The summed E-state index contributed by atoms with van der Waals surface area (Å²) in [7, 11) is 4.07. The Morgan fingerprint density at radius 1 is 1.65 bits per heavy atom. The van der Waals surface area contributed by atoms with Gasteiger partial charge < -0.3 is 4.90 Å². The average Bonchev–Trinajstić information content (AvgIpc) is 2.65. The zero-order valence-electron chi connectivity index (χ0n) is 10.5. The van der Waals surface area contributed by atoms with E-state index in [0.29, 0.717) is 5.02 Å². The van der Waals surface area contributed by atoms with Gasteiger partial charge in [0.05, 0.1) is 29.5 Å². The van der Waals surface area contributed by atoms with Gasteiger partial charge in [-0.2, -0.15) is 16.9 Å². The Hall–Kier alpha value is -0.270. The molecular weight excluding hydrogens is 258 g/mol. The topological polar surface area (TPSA) is 59.1 Å². The van der Waals surface area contributed by atoms with Gasteiger partial charge in [0.1, 0.15) is 0 Å². The number of halogens is 1. The van der Waals surface area contributed by atoms with Crippen LogP contribution in [-0.4, -0.2) is 47.3 Å². The van der Waals surface area contributed by atoms with E-state index in [1.54, 1.807) is 18.0 Å². The van der Waals surface area contributed by atoms with E-state index in [9.17, 15) is 0 Å². The smallest absolute Gasteiger partial charge is 0.0834 e.